The summed E-state index contributed by atoms with van der Waals surface area (Å²) in [5, 5.41) is 9.31. The minimum absolute atomic E-state index is 0.0863. The first kappa shape index (κ1) is 20.2. The maximum absolute atomic E-state index is 12.8. The second kappa shape index (κ2) is 8.75. The molecule has 2 aromatic carbocycles. The molecule has 0 radical (unpaired) electrons. The van der Waals surface area contributed by atoms with Gasteiger partial charge >= 0.3 is 0 Å². The summed E-state index contributed by atoms with van der Waals surface area (Å²) in [5.74, 6) is 1.71. The Bertz CT molecular complexity index is 1060. The second-order valence-electron chi connectivity index (χ2n) is 7.06. The van der Waals surface area contributed by atoms with E-state index in [4.69, 9.17) is 9.47 Å². The number of rotatable bonds is 6. The number of nitrogens with zero attached hydrogens (tertiary/aromatic N) is 3. The number of carbonyl (C=O) groups excluding carboxylic acids is 1. The monoisotopic (exact) mass is 421 g/mol. The maximum Gasteiger partial charge on any atom is 0.237 e. The molecule has 0 N–H and O–H groups in total. The first-order valence-corrected chi connectivity index (χ1v) is 10.7. The molecule has 1 amide bonds. The van der Waals surface area contributed by atoms with Gasteiger partial charge in [0.2, 0.25) is 5.91 Å². The Morgan fingerprint density at radius 3 is 2.60 bits per heavy atom. The van der Waals surface area contributed by atoms with Crippen LogP contribution in [0.5, 0.6) is 11.5 Å². The van der Waals surface area contributed by atoms with E-state index in [0.717, 1.165) is 23.4 Å². The third-order valence-electron chi connectivity index (χ3n) is 5.14. The number of amides is 1. The fraction of sp³-hybridized carbons (Fsp3) is 0.261. The lowest BCUT2D eigenvalue weighted by Crippen LogP contribution is -2.36. The number of fused-ring (bicyclic) bond motifs is 1. The van der Waals surface area contributed by atoms with Crippen LogP contribution in [0.1, 0.15) is 12.5 Å². The minimum Gasteiger partial charge on any atom is -0.493 e. The summed E-state index contributed by atoms with van der Waals surface area (Å²) in [6.45, 7) is 2.08. The third kappa shape index (κ3) is 3.98. The molecule has 154 valence electrons. The standard InChI is InChI=1S/C23H23N3O3S/c1-15-12-17-6-4-5-7-19(17)26(15)23(27)14-30-22-11-9-18(24-25-22)16-8-10-20(28-2)21(13-16)29-3/h4-11,13,15H,12,14H2,1-3H3/t15-/m1/s1. The summed E-state index contributed by atoms with van der Waals surface area (Å²) in [5.41, 5.74) is 3.86. The summed E-state index contributed by atoms with van der Waals surface area (Å²) >= 11 is 1.40. The lowest BCUT2D eigenvalue weighted by Gasteiger charge is -2.22. The molecule has 3 aromatic rings. The largest absolute Gasteiger partial charge is 0.493 e. The first-order valence-electron chi connectivity index (χ1n) is 9.69. The topological polar surface area (TPSA) is 64.5 Å². The number of hydrogen-bond acceptors (Lipinski definition) is 6. The number of aromatic nitrogens is 2. The molecule has 0 unspecified atom stereocenters. The van der Waals surface area contributed by atoms with Crippen LogP contribution in [0, 0.1) is 0 Å². The van der Waals surface area contributed by atoms with Crippen molar-refractivity contribution >= 4 is 23.4 Å². The first-order chi connectivity index (χ1) is 14.6. The summed E-state index contributed by atoms with van der Waals surface area (Å²) in [7, 11) is 3.20. The molecule has 1 aliphatic rings. The predicted octanol–water partition coefficient (Wildman–Crippen LogP) is 4.23. The van der Waals surface area contributed by atoms with Crippen molar-refractivity contribution in [3.8, 4) is 22.8 Å². The van der Waals surface area contributed by atoms with Gasteiger partial charge in [-0.15, -0.1) is 10.2 Å². The van der Waals surface area contributed by atoms with Gasteiger partial charge in [0, 0.05) is 17.3 Å². The fourth-order valence-corrected chi connectivity index (χ4v) is 4.37. The van der Waals surface area contributed by atoms with Crippen LogP contribution in [0.3, 0.4) is 0 Å². The number of carbonyl (C=O) groups is 1. The van der Waals surface area contributed by atoms with Crippen molar-refractivity contribution in [3.05, 3.63) is 60.2 Å². The van der Waals surface area contributed by atoms with Gasteiger partial charge in [-0.2, -0.15) is 0 Å². The van der Waals surface area contributed by atoms with Gasteiger partial charge in [0.1, 0.15) is 5.03 Å². The highest BCUT2D eigenvalue weighted by Crippen LogP contribution is 2.33. The van der Waals surface area contributed by atoms with Crippen molar-refractivity contribution in [1.82, 2.24) is 10.2 Å². The van der Waals surface area contributed by atoms with Crippen LogP contribution < -0.4 is 14.4 Å². The normalized spacial score (nSPS) is 15.0. The van der Waals surface area contributed by atoms with E-state index < -0.39 is 0 Å². The Labute approximate surface area is 180 Å². The summed E-state index contributed by atoms with van der Waals surface area (Å²) in [6.07, 6.45) is 0.895. The van der Waals surface area contributed by atoms with Crippen LogP contribution in [-0.4, -0.2) is 42.1 Å². The van der Waals surface area contributed by atoms with Crippen LogP contribution in [0.25, 0.3) is 11.3 Å². The van der Waals surface area contributed by atoms with Crippen molar-refractivity contribution in [1.29, 1.82) is 0 Å². The van der Waals surface area contributed by atoms with Gasteiger partial charge in [-0.1, -0.05) is 30.0 Å². The fourth-order valence-electron chi connectivity index (χ4n) is 3.70. The average Bonchev–Trinajstić information content (AvgIpc) is 3.13. The van der Waals surface area contributed by atoms with E-state index in [2.05, 4.69) is 23.2 Å². The van der Waals surface area contributed by atoms with Gasteiger partial charge < -0.3 is 14.4 Å². The SMILES string of the molecule is COc1ccc(-c2ccc(SCC(=O)N3c4ccccc4C[C@H]3C)nn2)cc1OC. The van der Waals surface area contributed by atoms with Gasteiger partial charge in [0.15, 0.2) is 11.5 Å². The molecule has 4 rings (SSSR count). The number of ether oxygens (including phenoxy) is 2. The highest BCUT2D eigenvalue weighted by atomic mass is 32.2. The molecule has 6 nitrogen and oxygen atoms in total. The molecule has 1 aliphatic heterocycles. The minimum atomic E-state index is 0.0863. The van der Waals surface area contributed by atoms with E-state index in [1.807, 2.05) is 53.4 Å². The number of benzene rings is 2. The number of anilines is 1. The van der Waals surface area contributed by atoms with Crippen molar-refractivity contribution in [3.63, 3.8) is 0 Å². The van der Waals surface area contributed by atoms with Crippen molar-refractivity contribution < 1.29 is 14.3 Å². The average molecular weight is 422 g/mol. The molecule has 2 heterocycles. The van der Waals surface area contributed by atoms with Crippen molar-refractivity contribution in [2.24, 2.45) is 0 Å². The quantitative estimate of drug-likeness (QED) is 0.555. The van der Waals surface area contributed by atoms with E-state index in [0.29, 0.717) is 22.3 Å². The second-order valence-corrected chi connectivity index (χ2v) is 8.06. The van der Waals surface area contributed by atoms with Gasteiger partial charge in [0.25, 0.3) is 0 Å². The Morgan fingerprint density at radius 2 is 1.87 bits per heavy atom. The molecular formula is C23H23N3O3S. The summed E-state index contributed by atoms with van der Waals surface area (Å²) < 4.78 is 10.6. The summed E-state index contributed by atoms with van der Waals surface area (Å²) in [6, 6.07) is 17.7. The molecule has 1 aromatic heterocycles. The predicted molar refractivity (Wildman–Crippen MR) is 118 cm³/mol. The highest BCUT2D eigenvalue weighted by molar-refractivity contribution is 7.99. The zero-order chi connectivity index (χ0) is 21.1. The zero-order valence-electron chi connectivity index (χ0n) is 17.2. The molecule has 0 aliphatic carbocycles. The van der Waals surface area contributed by atoms with Gasteiger partial charge in [-0.3, -0.25) is 4.79 Å². The van der Waals surface area contributed by atoms with Gasteiger partial charge in [0.05, 0.1) is 25.7 Å². The Kier molecular flexibility index (Phi) is 5.90. The highest BCUT2D eigenvalue weighted by Gasteiger charge is 2.30. The molecule has 0 fully saturated rings. The Balaban J connectivity index is 1.43. The lowest BCUT2D eigenvalue weighted by molar-refractivity contribution is -0.116. The molecule has 0 saturated heterocycles. The zero-order valence-corrected chi connectivity index (χ0v) is 18.0. The number of methoxy groups -OCH3 is 2. The maximum atomic E-state index is 12.8. The van der Waals surface area contributed by atoms with Crippen LogP contribution in [0.2, 0.25) is 0 Å². The van der Waals surface area contributed by atoms with E-state index in [9.17, 15) is 4.79 Å². The van der Waals surface area contributed by atoms with Crippen molar-refractivity contribution in [2.45, 2.75) is 24.4 Å². The molecule has 0 spiro atoms. The number of para-hydroxylation sites is 1. The van der Waals surface area contributed by atoms with Crippen molar-refractivity contribution in [2.75, 3.05) is 24.9 Å². The molecule has 30 heavy (non-hydrogen) atoms. The molecule has 7 heteroatoms. The number of thioether (sulfide) groups is 1. The van der Waals surface area contributed by atoms with Crippen LogP contribution in [-0.2, 0) is 11.2 Å². The van der Waals surface area contributed by atoms with Crippen LogP contribution >= 0.6 is 11.8 Å². The lowest BCUT2D eigenvalue weighted by atomic mass is 10.1. The molecular weight excluding hydrogens is 398 g/mol. The molecule has 1 atom stereocenters. The van der Waals surface area contributed by atoms with E-state index in [1.165, 1.54) is 17.3 Å². The van der Waals surface area contributed by atoms with Gasteiger partial charge in [-0.25, -0.2) is 0 Å². The van der Waals surface area contributed by atoms with Crippen LogP contribution in [0.15, 0.2) is 59.6 Å². The Hall–Kier alpha value is -3.06. The molecule has 0 bridgehead atoms. The van der Waals surface area contributed by atoms with Crippen LogP contribution in [0.4, 0.5) is 5.69 Å². The third-order valence-corrected chi connectivity index (χ3v) is 6.04. The Morgan fingerprint density at radius 1 is 1.07 bits per heavy atom. The van der Waals surface area contributed by atoms with Gasteiger partial charge in [-0.05, 0) is 55.3 Å². The van der Waals surface area contributed by atoms with E-state index in [-0.39, 0.29) is 11.9 Å². The van der Waals surface area contributed by atoms with E-state index in [1.54, 1.807) is 14.2 Å². The number of hydrogen-bond donors (Lipinski definition) is 0. The summed E-state index contributed by atoms with van der Waals surface area (Å²) in [4.78, 5) is 14.7. The smallest absolute Gasteiger partial charge is 0.237 e. The molecule has 0 saturated carbocycles. The van der Waals surface area contributed by atoms with E-state index >= 15 is 0 Å².